The Morgan fingerprint density at radius 1 is 0.387 bits per heavy atom. The first kappa shape index (κ1) is 59.3. The lowest BCUT2D eigenvalue weighted by atomic mass is 9.95. The molecule has 0 radical (unpaired) electrons. The van der Waals surface area contributed by atoms with E-state index in [1.54, 1.807) is 48.5 Å². The molecule has 0 spiro atoms. The molecule has 3 aliphatic rings. The zero-order valence-electron chi connectivity index (χ0n) is 42.8. The molecule has 0 bridgehead atoms. The van der Waals surface area contributed by atoms with Crippen LogP contribution in [0.3, 0.4) is 0 Å². The fraction of sp³-hybridized carbons (Fsp3) is 0.580. The smallest absolute Gasteiger partial charge is 0.303 e. The predicted octanol–water partition coefficient (Wildman–Crippen LogP) is 1.59. The van der Waals surface area contributed by atoms with Crippen molar-refractivity contribution in [2.75, 3.05) is 19.8 Å². The van der Waals surface area contributed by atoms with Crippen LogP contribution in [0.5, 0.6) is 0 Å². The zero-order chi connectivity index (χ0) is 54.9. The van der Waals surface area contributed by atoms with Gasteiger partial charge in [0.05, 0.1) is 19.8 Å². The number of hydrogen-bond donors (Lipinski definition) is 1. The van der Waals surface area contributed by atoms with Gasteiger partial charge in [0, 0.05) is 62.3 Å². The van der Waals surface area contributed by atoms with Gasteiger partial charge in [-0.15, -0.1) is 0 Å². The van der Waals surface area contributed by atoms with Crippen LogP contribution in [0.2, 0.25) is 0 Å². The lowest BCUT2D eigenvalue weighted by molar-refractivity contribution is -0.365. The second kappa shape index (κ2) is 28.3. The maximum Gasteiger partial charge on any atom is 0.303 e. The van der Waals surface area contributed by atoms with Crippen molar-refractivity contribution in [2.24, 2.45) is 0 Å². The molecule has 15 atom stereocenters. The molecule has 0 aromatic heterocycles. The molecular formula is C50H63NO24. The third-order valence-electron chi connectivity index (χ3n) is 11.2. The molecule has 2 aromatic rings. The first-order valence-electron chi connectivity index (χ1n) is 23.7. The van der Waals surface area contributed by atoms with Crippen LogP contribution in [0.4, 0.5) is 0 Å². The number of carbonyl (C=O) groups excluding carboxylic acids is 9. The Balaban J connectivity index is 1.58. The van der Waals surface area contributed by atoms with Crippen molar-refractivity contribution in [3.8, 4) is 0 Å². The molecule has 5 rings (SSSR count). The molecule has 3 aliphatic heterocycles. The molecule has 412 valence electrons. The molecule has 75 heavy (non-hydrogen) atoms. The van der Waals surface area contributed by atoms with Crippen LogP contribution in [0.1, 0.15) is 73.4 Å². The lowest BCUT2D eigenvalue weighted by Crippen LogP contribution is -2.68. The van der Waals surface area contributed by atoms with Crippen LogP contribution in [0, 0.1) is 0 Å². The minimum atomic E-state index is -1.93. The van der Waals surface area contributed by atoms with E-state index in [4.69, 9.17) is 71.1 Å². The number of ether oxygens (including phenoxy) is 15. The second-order valence-corrected chi connectivity index (χ2v) is 17.4. The van der Waals surface area contributed by atoms with E-state index < -0.39 is 166 Å². The third-order valence-corrected chi connectivity index (χ3v) is 11.2. The summed E-state index contributed by atoms with van der Waals surface area (Å²) in [6.07, 6.45) is -22.5. The number of hydrogen-bond acceptors (Lipinski definition) is 24. The Morgan fingerprint density at radius 3 is 1.23 bits per heavy atom. The van der Waals surface area contributed by atoms with E-state index >= 15 is 0 Å². The molecule has 25 heteroatoms. The fourth-order valence-electron chi connectivity index (χ4n) is 8.42. The van der Waals surface area contributed by atoms with E-state index in [1.165, 1.54) is 6.92 Å². The maximum absolute atomic E-state index is 13.1. The molecule has 1 N–H and O–H groups in total. The Bertz CT molecular complexity index is 2280. The number of carbonyl (C=O) groups is 9. The van der Waals surface area contributed by atoms with Gasteiger partial charge in [-0.2, -0.15) is 0 Å². The summed E-state index contributed by atoms with van der Waals surface area (Å²) in [4.78, 5) is 114. The van der Waals surface area contributed by atoms with Gasteiger partial charge in [0.15, 0.2) is 55.5 Å². The number of rotatable bonds is 22. The SMILES string of the molecule is CC(=O)NC1C(OCc2ccccc2)OC(COC2OC(COC(C)=O)C(OC3OC(COC(C)=O)C(OC(C)=O)C(OC(C)=O)C3OC(C)=O)C(OC(C)=O)C2OC(C)=O)C(OC(C)=O)C1OCc1ccccc1. The highest BCUT2D eigenvalue weighted by Gasteiger charge is 2.58. The molecule has 0 aliphatic carbocycles. The zero-order valence-corrected chi connectivity index (χ0v) is 42.8. The lowest BCUT2D eigenvalue weighted by Gasteiger charge is -2.49. The van der Waals surface area contributed by atoms with E-state index in [2.05, 4.69) is 5.32 Å². The van der Waals surface area contributed by atoms with Gasteiger partial charge >= 0.3 is 47.8 Å². The summed E-state index contributed by atoms with van der Waals surface area (Å²) in [5, 5.41) is 2.82. The fourth-order valence-corrected chi connectivity index (χ4v) is 8.42. The molecule has 25 nitrogen and oxygen atoms in total. The summed E-state index contributed by atoms with van der Waals surface area (Å²) < 4.78 is 89.2. The Hall–Kier alpha value is -6.61. The minimum absolute atomic E-state index is 0.0259. The summed E-state index contributed by atoms with van der Waals surface area (Å²) in [6.45, 7) is 7.63. The van der Waals surface area contributed by atoms with Crippen molar-refractivity contribution < 1.29 is 114 Å². The van der Waals surface area contributed by atoms with Crippen LogP contribution in [-0.4, -0.2) is 166 Å². The van der Waals surface area contributed by atoms with Crippen molar-refractivity contribution >= 4 is 53.7 Å². The molecule has 3 saturated heterocycles. The second-order valence-electron chi connectivity index (χ2n) is 17.4. The number of nitrogens with one attached hydrogen (secondary N) is 1. The largest absolute Gasteiger partial charge is 0.463 e. The molecule has 0 saturated carbocycles. The highest BCUT2D eigenvalue weighted by molar-refractivity contribution is 5.73. The summed E-state index contributed by atoms with van der Waals surface area (Å²) >= 11 is 0. The van der Waals surface area contributed by atoms with Crippen LogP contribution < -0.4 is 5.32 Å². The van der Waals surface area contributed by atoms with Crippen molar-refractivity contribution in [1.29, 1.82) is 0 Å². The van der Waals surface area contributed by atoms with Crippen molar-refractivity contribution in [2.45, 2.75) is 168 Å². The number of esters is 8. The first-order valence-corrected chi connectivity index (χ1v) is 23.7. The summed E-state index contributed by atoms with van der Waals surface area (Å²) in [7, 11) is 0. The van der Waals surface area contributed by atoms with Crippen LogP contribution >= 0.6 is 0 Å². The summed E-state index contributed by atoms with van der Waals surface area (Å²) in [5.74, 6) is -7.69. The summed E-state index contributed by atoms with van der Waals surface area (Å²) in [5.41, 5.74) is 1.45. The molecule has 1 amide bonds. The van der Waals surface area contributed by atoms with Crippen molar-refractivity contribution in [3.63, 3.8) is 0 Å². The average molecular weight is 1060 g/mol. The van der Waals surface area contributed by atoms with E-state index in [0.717, 1.165) is 66.5 Å². The van der Waals surface area contributed by atoms with E-state index in [1.807, 2.05) is 12.1 Å². The number of amides is 1. The van der Waals surface area contributed by atoms with Gasteiger partial charge in [0.1, 0.15) is 49.8 Å². The van der Waals surface area contributed by atoms with Gasteiger partial charge < -0.3 is 76.4 Å². The van der Waals surface area contributed by atoms with Gasteiger partial charge in [-0.25, -0.2) is 0 Å². The van der Waals surface area contributed by atoms with Gasteiger partial charge in [-0.3, -0.25) is 43.2 Å². The van der Waals surface area contributed by atoms with Gasteiger partial charge in [-0.05, 0) is 11.1 Å². The molecular weight excluding hydrogens is 999 g/mol. The molecule has 3 fully saturated rings. The Kier molecular flexibility index (Phi) is 22.4. The standard InChI is InChI=1S/C50H63NO24/c1-25(52)51-39-43(63-20-34-16-12-10-13-17-34)40(66-28(4)55)38(72-48(39)64-21-35-18-14-11-15-19-35)24-65-49-46(70-32(8)59)45(69-31(7)58)42(37(73-49)23-62-27(3)54)75-50-47(71-33(9)60)44(68-30(6)57)41(67-29(5)56)36(74-50)22-61-26(2)53/h10-19,36-50H,20-24H2,1-9H3,(H,51,52). The van der Waals surface area contributed by atoms with Crippen LogP contribution in [-0.2, 0) is 127 Å². The van der Waals surface area contributed by atoms with E-state index in [0.29, 0.717) is 0 Å². The molecule has 2 aromatic carbocycles. The third kappa shape index (κ3) is 18.0. The molecule has 3 heterocycles. The first-order chi connectivity index (χ1) is 35.6. The van der Waals surface area contributed by atoms with Crippen molar-refractivity contribution in [1.82, 2.24) is 5.32 Å². The normalized spacial score (nSPS) is 29.3. The van der Waals surface area contributed by atoms with E-state index in [9.17, 15) is 43.2 Å². The monoisotopic (exact) mass is 1060 g/mol. The highest BCUT2D eigenvalue weighted by atomic mass is 16.8. The number of benzene rings is 2. The van der Waals surface area contributed by atoms with E-state index in [-0.39, 0.29) is 13.2 Å². The topological polar surface area (TPSA) is 304 Å². The van der Waals surface area contributed by atoms with Crippen LogP contribution in [0.15, 0.2) is 60.7 Å². The van der Waals surface area contributed by atoms with Gasteiger partial charge in [-0.1, -0.05) is 60.7 Å². The molecule has 15 unspecified atom stereocenters. The van der Waals surface area contributed by atoms with Gasteiger partial charge in [0.2, 0.25) is 5.91 Å². The predicted molar refractivity (Wildman–Crippen MR) is 247 cm³/mol. The Labute approximate surface area is 431 Å². The maximum atomic E-state index is 13.1. The summed E-state index contributed by atoms with van der Waals surface area (Å²) in [6, 6.07) is 16.9. The minimum Gasteiger partial charge on any atom is -0.463 e. The highest BCUT2D eigenvalue weighted by Crippen LogP contribution is 2.37. The van der Waals surface area contributed by atoms with Gasteiger partial charge in [0.25, 0.3) is 0 Å². The van der Waals surface area contributed by atoms with Crippen molar-refractivity contribution in [3.05, 3.63) is 71.8 Å². The van der Waals surface area contributed by atoms with Crippen LogP contribution in [0.25, 0.3) is 0 Å². The quantitative estimate of drug-likeness (QED) is 0.129. The average Bonchev–Trinajstić information content (AvgIpc) is 3.32. The Morgan fingerprint density at radius 2 is 0.760 bits per heavy atom.